The minimum atomic E-state index is -0.518. The molecule has 0 aromatic heterocycles. The van der Waals surface area contributed by atoms with E-state index < -0.39 is 5.97 Å². The van der Waals surface area contributed by atoms with E-state index in [1.807, 2.05) is 12.1 Å². The molecule has 4 rings (SSSR count). The Morgan fingerprint density at radius 3 is 2.39 bits per heavy atom. The molecule has 5 nitrogen and oxygen atoms in total. The highest BCUT2D eigenvalue weighted by Gasteiger charge is 2.30. The number of esters is 1. The van der Waals surface area contributed by atoms with Crippen LogP contribution in [0.4, 0.5) is 0 Å². The topological polar surface area (TPSA) is 61.8 Å². The molecule has 1 heterocycles. The van der Waals surface area contributed by atoms with Crippen LogP contribution in [0.15, 0.2) is 66.4 Å². The Hall–Kier alpha value is -3.86. The molecule has 0 N–H and O–H groups in total. The Labute approximate surface area is 193 Å². The molecule has 0 unspecified atom stereocenters. The Bertz CT molecular complexity index is 1260. The zero-order valence-corrected chi connectivity index (χ0v) is 19.4. The standard InChI is InChI=1S/C28H26O5/c1-17-23(33-27(30)19-7-6-8-21(16-19)31-5)14-13-22-25(29)24(32-26(17)22)15-18-9-11-20(12-10-18)28(2,3)4/h6-16H,1-5H3/b24-15-. The van der Waals surface area contributed by atoms with Crippen LogP contribution in [0.2, 0.25) is 0 Å². The molecule has 0 saturated heterocycles. The Balaban J connectivity index is 1.57. The Morgan fingerprint density at radius 1 is 1.00 bits per heavy atom. The van der Waals surface area contributed by atoms with E-state index in [0.717, 1.165) is 5.56 Å². The second-order valence-electron chi connectivity index (χ2n) is 9.00. The maximum Gasteiger partial charge on any atom is 0.343 e. The second-order valence-corrected chi connectivity index (χ2v) is 9.00. The maximum atomic E-state index is 12.9. The van der Waals surface area contributed by atoms with Crippen LogP contribution in [-0.2, 0) is 5.41 Å². The molecular formula is C28H26O5. The zero-order valence-electron chi connectivity index (χ0n) is 19.4. The van der Waals surface area contributed by atoms with E-state index in [-0.39, 0.29) is 17.0 Å². The van der Waals surface area contributed by atoms with Crippen LogP contribution in [0.5, 0.6) is 17.2 Å². The number of carbonyl (C=O) groups excluding carboxylic acids is 2. The van der Waals surface area contributed by atoms with Crippen molar-refractivity contribution in [2.45, 2.75) is 33.1 Å². The van der Waals surface area contributed by atoms with Crippen LogP contribution in [0, 0.1) is 6.92 Å². The number of Topliss-reactive ketones (excluding diaryl/α,β-unsaturated/α-hetero) is 1. The van der Waals surface area contributed by atoms with E-state index in [0.29, 0.717) is 33.9 Å². The number of fused-ring (bicyclic) bond motifs is 1. The van der Waals surface area contributed by atoms with Crippen LogP contribution >= 0.6 is 0 Å². The van der Waals surface area contributed by atoms with Crippen LogP contribution < -0.4 is 14.2 Å². The van der Waals surface area contributed by atoms with Gasteiger partial charge in [0.15, 0.2) is 5.76 Å². The lowest BCUT2D eigenvalue weighted by molar-refractivity contribution is 0.0732. The third kappa shape index (κ3) is 4.53. The molecule has 168 valence electrons. The van der Waals surface area contributed by atoms with Crippen molar-refractivity contribution in [3.05, 3.63) is 94.2 Å². The van der Waals surface area contributed by atoms with Crippen molar-refractivity contribution in [3.8, 4) is 17.2 Å². The van der Waals surface area contributed by atoms with Crippen LogP contribution in [0.1, 0.15) is 58.2 Å². The molecule has 5 heteroatoms. The minimum Gasteiger partial charge on any atom is -0.497 e. The first-order valence-electron chi connectivity index (χ1n) is 10.7. The average Bonchev–Trinajstić information content (AvgIpc) is 3.11. The molecule has 0 spiro atoms. The predicted molar refractivity (Wildman–Crippen MR) is 127 cm³/mol. The van der Waals surface area contributed by atoms with Gasteiger partial charge >= 0.3 is 5.97 Å². The first-order chi connectivity index (χ1) is 15.7. The van der Waals surface area contributed by atoms with Gasteiger partial charge in [0, 0.05) is 5.56 Å². The third-order valence-corrected chi connectivity index (χ3v) is 5.62. The smallest absolute Gasteiger partial charge is 0.343 e. The number of carbonyl (C=O) groups is 2. The summed E-state index contributed by atoms with van der Waals surface area (Å²) in [4.78, 5) is 25.5. The first-order valence-corrected chi connectivity index (χ1v) is 10.7. The monoisotopic (exact) mass is 442 g/mol. The van der Waals surface area contributed by atoms with Gasteiger partial charge in [0.05, 0.1) is 18.2 Å². The Morgan fingerprint density at radius 2 is 1.73 bits per heavy atom. The van der Waals surface area contributed by atoms with Gasteiger partial charge in [-0.2, -0.15) is 0 Å². The van der Waals surface area contributed by atoms with Gasteiger partial charge in [0.25, 0.3) is 0 Å². The number of rotatable bonds is 4. The zero-order chi connectivity index (χ0) is 23.8. The molecule has 0 aliphatic carbocycles. The highest BCUT2D eigenvalue weighted by atomic mass is 16.5. The first kappa shape index (κ1) is 22.3. The highest BCUT2D eigenvalue weighted by molar-refractivity contribution is 6.15. The van der Waals surface area contributed by atoms with Crippen molar-refractivity contribution >= 4 is 17.8 Å². The van der Waals surface area contributed by atoms with Crippen LogP contribution in [0.3, 0.4) is 0 Å². The SMILES string of the molecule is COc1cccc(C(=O)Oc2ccc3c(c2C)O/C(=C\c2ccc(C(C)(C)C)cc2)C3=O)c1. The summed E-state index contributed by atoms with van der Waals surface area (Å²) in [6.45, 7) is 8.23. The van der Waals surface area contributed by atoms with E-state index >= 15 is 0 Å². The van der Waals surface area contributed by atoms with Crippen molar-refractivity contribution in [2.24, 2.45) is 0 Å². The predicted octanol–water partition coefficient (Wildman–Crippen LogP) is 6.14. The van der Waals surface area contributed by atoms with Crippen LogP contribution in [-0.4, -0.2) is 18.9 Å². The molecule has 0 radical (unpaired) electrons. The van der Waals surface area contributed by atoms with Crippen molar-refractivity contribution < 1.29 is 23.8 Å². The molecule has 0 bridgehead atoms. The van der Waals surface area contributed by atoms with E-state index in [1.54, 1.807) is 49.4 Å². The lowest BCUT2D eigenvalue weighted by Gasteiger charge is -2.18. The van der Waals surface area contributed by atoms with Crippen LogP contribution in [0.25, 0.3) is 6.08 Å². The molecule has 3 aromatic carbocycles. The lowest BCUT2D eigenvalue weighted by Crippen LogP contribution is -2.10. The Kier molecular flexibility index (Phi) is 5.81. The van der Waals surface area contributed by atoms with Crippen molar-refractivity contribution in [2.75, 3.05) is 7.11 Å². The summed E-state index contributed by atoms with van der Waals surface area (Å²) in [7, 11) is 1.54. The number of benzene rings is 3. The summed E-state index contributed by atoms with van der Waals surface area (Å²) in [6, 6.07) is 18.0. The third-order valence-electron chi connectivity index (χ3n) is 5.62. The normalized spacial score (nSPS) is 14.1. The highest BCUT2D eigenvalue weighted by Crippen LogP contribution is 2.39. The molecule has 0 atom stereocenters. The summed E-state index contributed by atoms with van der Waals surface area (Å²) in [5.74, 6) is 0.843. The number of ketones is 1. The summed E-state index contributed by atoms with van der Waals surface area (Å²) in [5.41, 5.74) is 3.55. The molecule has 0 amide bonds. The van der Waals surface area contributed by atoms with Gasteiger partial charge in [-0.25, -0.2) is 4.79 Å². The summed E-state index contributed by atoms with van der Waals surface area (Å²) in [6.07, 6.45) is 1.73. The average molecular weight is 443 g/mol. The molecule has 3 aromatic rings. The van der Waals surface area contributed by atoms with E-state index in [9.17, 15) is 9.59 Å². The van der Waals surface area contributed by atoms with Gasteiger partial charge < -0.3 is 14.2 Å². The largest absolute Gasteiger partial charge is 0.497 e. The molecule has 0 fully saturated rings. The van der Waals surface area contributed by atoms with E-state index in [1.165, 1.54) is 12.7 Å². The van der Waals surface area contributed by atoms with Gasteiger partial charge in [-0.05, 0) is 59.9 Å². The van der Waals surface area contributed by atoms with Gasteiger partial charge in [-0.3, -0.25) is 4.79 Å². The second kappa shape index (κ2) is 8.58. The van der Waals surface area contributed by atoms with Crippen molar-refractivity contribution in [1.29, 1.82) is 0 Å². The van der Waals surface area contributed by atoms with Gasteiger partial charge in [0.2, 0.25) is 5.78 Å². The van der Waals surface area contributed by atoms with Gasteiger partial charge in [-0.1, -0.05) is 51.1 Å². The molecule has 33 heavy (non-hydrogen) atoms. The fourth-order valence-corrected chi connectivity index (χ4v) is 3.62. The molecule has 0 saturated carbocycles. The minimum absolute atomic E-state index is 0.0530. The maximum absolute atomic E-state index is 12.9. The summed E-state index contributed by atoms with van der Waals surface area (Å²) in [5, 5.41) is 0. The fraction of sp³-hybridized carbons (Fsp3) is 0.214. The summed E-state index contributed by atoms with van der Waals surface area (Å²) >= 11 is 0. The number of hydrogen-bond acceptors (Lipinski definition) is 5. The molecular weight excluding hydrogens is 416 g/mol. The van der Waals surface area contributed by atoms with Gasteiger partial charge in [-0.15, -0.1) is 0 Å². The van der Waals surface area contributed by atoms with E-state index in [4.69, 9.17) is 14.2 Å². The summed E-state index contributed by atoms with van der Waals surface area (Å²) < 4.78 is 16.7. The lowest BCUT2D eigenvalue weighted by atomic mass is 9.86. The number of methoxy groups -OCH3 is 1. The van der Waals surface area contributed by atoms with Gasteiger partial charge in [0.1, 0.15) is 17.2 Å². The molecule has 1 aliphatic rings. The quantitative estimate of drug-likeness (QED) is 0.276. The fourth-order valence-electron chi connectivity index (χ4n) is 3.62. The van der Waals surface area contributed by atoms with Crippen molar-refractivity contribution in [3.63, 3.8) is 0 Å². The van der Waals surface area contributed by atoms with Crippen molar-refractivity contribution in [1.82, 2.24) is 0 Å². The number of ether oxygens (including phenoxy) is 3. The molecule has 1 aliphatic heterocycles. The van der Waals surface area contributed by atoms with E-state index in [2.05, 4.69) is 32.9 Å². The number of hydrogen-bond donors (Lipinski definition) is 0. The number of allylic oxidation sites excluding steroid dienone is 1.